The second-order valence-electron chi connectivity index (χ2n) is 2.65. The fourth-order valence-electron chi connectivity index (χ4n) is 1.11. The van der Waals surface area contributed by atoms with E-state index in [2.05, 4.69) is 6.58 Å². The topological polar surface area (TPSA) is 63.3 Å². The summed E-state index contributed by atoms with van der Waals surface area (Å²) < 4.78 is 0. The fraction of sp³-hybridized carbons (Fsp3) is 0.100. The quantitative estimate of drug-likeness (QED) is 0.755. The van der Waals surface area contributed by atoms with Crippen LogP contribution in [-0.4, -0.2) is 11.1 Å². The van der Waals surface area contributed by atoms with Gasteiger partial charge in [0.2, 0.25) is 0 Å². The molecule has 0 aromatic heterocycles. The van der Waals surface area contributed by atoms with E-state index in [-0.39, 0.29) is 18.0 Å². The number of rotatable bonds is 3. The highest BCUT2D eigenvalue weighted by atomic mass is 35.5. The Morgan fingerprint density at radius 3 is 2.57 bits per heavy atom. The zero-order valence-corrected chi connectivity index (χ0v) is 8.33. The minimum absolute atomic E-state index is 0. The summed E-state index contributed by atoms with van der Waals surface area (Å²) in [5.74, 6) is -0.965. The van der Waals surface area contributed by atoms with Crippen molar-refractivity contribution < 1.29 is 9.90 Å². The number of carboxylic acid groups (broad SMARTS) is 1. The van der Waals surface area contributed by atoms with Crippen molar-refractivity contribution in [1.29, 1.82) is 0 Å². The van der Waals surface area contributed by atoms with E-state index in [1.807, 2.05) is 0 Å². The molecule has 0 aliphatic carbocycles. The molecule has 0 bridgehead atoms. The first kappa shape index (κ1) is 12.7. The highest BCUT2D eigenvalue weighted by molar-refractivity contribution is 5.89. The summed E-state index contributed by atoms with van der Waals surface area (Å²) in [4.78, 5) is 10.8. The molecule has 1 aromatic carbocycles. The monoisotopic (exact) mass is 213 g/mol. The second-order valence-corrected chi connectivity index (χ2v) is 2.65. The molecule has 76 valence electrons. The lowest BCUT2D eigenvalue weighted by molar-refractivity contribution is 0.0695. The van der Waals surface area contributed by atoms with Crippen LogP contribution in [0.25, 0.3) is 0 Å². The summed E-state index contributed by atoms with van der Waals surface area (Å²) >= 11 is 0. The van der Waals surface area contributed by atoms with E-state index in [0.29, 0.717) is 5.56 Å². The number of carbonyl (C=O) groups is 1. The molecule has 0 amide bonds. The van der Waals surface area contributed by atoms with Crippen molar-refractivity contribution in [1.82, 2.24) is 0 Å². The van der Waals surface area contributed by atoms with Crippen LogP contribution < -0.4 is 5.73 Å². The van der Waals surface area contributed by atoms with Crippen LogP contribution in [0.2, 0.25) is 0 Å². The van der Waals surface area contributed by atoms with Crippen LogP contribution in [0.15, 0.2) is 36.9 Å². The van der Waals surface area contributed by atoms with Crippen LogP contribution in [-0.2, 0) is 0 Å². The van der Waals surface area contributed by atoms with Gasteiger partial charge in [-0.25, -0.2) is 4.79 Å². The first-order valence-electron chi connectivity index (χ1n) is 3.87. The van der Waals surface area contributed by atoms with Gasteiger partial charge >= 0.3 is 5.97 Å². The smallest absolute Gasteiger partial charge is 0.336 e. The van der Waals surface area contributed by atoms with Crippen LogP contribution in [0, 0.1) is 0 Å². The van der Waals surface area contributed by atoms with Gasteiger partial charge in [0.05, 0.1) is 5.56 Å². The number of aromatic carboxylic acids is 1. The Morgan fingerprint density at radius 2 is 2.07 bits per heavy atom. The number of benzene rings is 1. The largest absolute Gasteiger partial charge is 0.478 e. The van der Waals surface area contributed by atoms with Gasteiger partial charge in [0.25, 0.3) is 0 Å². The van der Waals surface area contributed by atoms with Gasteiger partial charge in [0, 0.05) is 6.04 Å². The Kier molecular flexibility index (Phi) is 4.91. The van der Waals surface area contributed by atoms with Crippen molar-refractivity contribution in [3.8, 4) is 0 Å². The molecule has 0 fully saturated rings. The van der Waals surface area contributed by atoms with E-state index in [9.17, 15) is 4.79 Å². The van der Waals surface area contributed by atoms with Crippen molar-refractivity contribution >= 4 is 18.4 Å². The molecule has 0 heterocycles. The molecule has 0 saturated heterocycles. The van der Waals surface area contributed by atoms with E-state index in [4.69, 9.17) is 10.8 Å². The third kappa shape index (κ3) is 2.58. The highest BCUT2D eigenvalue weighted by Gasteiger charge is 2.12. The lowest BCUT2D eigenvalue weighted by Crippen LogP contribution is -2.12. The molecule has 0 aliphatic heterocycles. The van der Waals surface area contributed by atoms with Gasteiger partial charge in [-0.05, 0) is 11.6 Å². The third-order valence-corrected chi connectivity index (χ3v) is 1.80. The number of carboxylic acids is 1. The van der Waals surface area contributed by atoms with Gasteiger partial charge < -0.3 is 10.8 Å². The Bertz CT molecular complexity index is 339. The van der Waals surface area contributed by atoms with Crippen LogP contribution >= 0.6 is 12.4 Å². The lowest BCUT2D eigenvalue weighted by atomic mass is 10.0. The maximum Gasteiger partial charge on any atom is 0.336 e. The van der Waals surface area contributed by atoms with E-state index in [1.54, 1.807) is 18.2 Å². The standard InChI is InChI=1S/C10H11NO2.ClH/c1-2-9(11)7-5-3-4-6-8(7)10(12)13;/h2-6,9H,1,11H2,(H,12,13);1H/t9-;/m0./s1. The molecule has 1 rings (SSSR count). The van der Waals surface area contributed by atoms with Gasteiger partial charge in [-0.2, -0.15) is 0 Å². The highest BCUT2D eigenvalue weighted by Crippen LogP contribution is 2.16. The van der Waals surface area contributed by atoms with Gasteiger partial charge in [0.15, 0.2) is 0 Å². The minimum atomic E-state index is -0.965. The number of halogens is 1. The predicted molar refractivity (Wildman–Crippen MR) is 57.8 cm³/mol. The van der Waals surface area contributed by atoms with Crippen LogP contribution in [0.3, 0.4) is 0 Å². The molecule has 0 unspecified atom stereocenters. The summed E-state index contributed by atoms with van der Waals surface area (Å²) in [5.41, 5.74) is 6.47. The third-order valence-electron chi connectivity index (χ3n) is 1.80. The molecule has 1 atom stereocenters. The number of nitrogens with two attached hydrogens (primary N) is 1. The first-order chi connectivity index (χ1) is 6.16. The van der Waals surface area contributed by atoms with Crippen molar-refractivity contribution in [3.63, 3.8) is 0 Å². The van der Waals surface area contributed by atoms with Crippen LogP contribution in [0.1, 0.15) is 22.0 Å². The van der Waals surface area contributed by atoms with Gasteiger partial charge in [-0.15, -0.1) is 19.0 Å². The van der Waals surface area contributed by atoms with Crippen molar-refractivity contribution in [2.75, 3.05) is 0 Å². The van der Waals surface area contributed by atoms with Gasteiger partial charge in [-0.1, -0.05) is 24.3 Å². The van der Waals surface area contributed by atoms with Crippen molar-refractivity contribution in [2.45, 2.75) is 6.04 Å². The van der Waals surface area contributed by atoms with E-state index < -0.39 is 12.0 Å². The normalized spacial score (nSPS) is 11.2. The number of hydrogen-bond acceptors (Lipinski definition) is 2. The Hall–Kier alpha value is -1.32. The molecule has 14 heavy (non-hydrogen) atoms. The Balaban J connectivity index is 0.00000169. The Morgan fingerprint density at radius 1 is 1.50 bits per heavy atom. The maximum atomic E-state index is 10.8. The van der Waals surface area contributed by atoms with Gasteiger partial charge in [-0.3, -0.25) is 0 Å². The summed E-state index contributed by atoms with van der Waals surface area (Å²) in [6.45, 7) is 3.52. The molecule has 4 heteroatoms. The number of hydrogen-bond donors (Lipinski definition) is 2. The fourth-order valence-corrected chi connectivity index (χ4v) is 1.11. The van der Waals surface area contributed by atoms with Crippen molar-refractivity contribution in [3.05, 3.63) is 48.0 Å². The first-order valence-corrected chi connectivity index (χ1v) is 3.87. The molecule has 1 aromatic rings. The maximum absolute atomic E-state index is 10.8. The lowest BCUT2D eigenvalue weighted by Gasteiger charge is -2.09. The summed E-state index contributed by atoms with van der Waals surface area (Å²) in [5, 5.41) is 8.82. The van der Waals surface area contributed by atoms with Gasteiger partial charge in [0.1, 0.15) is 0 Å². The summed E-state index contributed by atoms with van der Waals surface area (Å²) in [6.07, 6.45) is 1.52. The molecule has 0 radical (unpaired) electrons. The second kappa shape index (κ2) is 5.42. The average Bonchev–Trinajstić information content (AvgIpc) is 2.16. The van der Waals surface area contributed by atoms with Crippen LogP contribution in [0.5, 0.6) is 0 Å². The summed E-state index contributed by atoms with van der Waals surface area (Å²) in [6, 6.07) is 6.22. The van der Waals surface area contributed by atoms with E-state index in [1.165, 1.54) is 12.1 Å². The summed E-state index contributed by atoms with van der Waals surface area (Å²) in [7, 11) is 0. The van der Waals surface area contributed by atoms with Crippen LogP contribution in [0.4, 0.5) is 0 Å². The predicted octanol–water partition coefficient (Wildman–Crippen LogP) is 1.99. The molecule has 0 aliphatic rings. The zero-order valence-electron chi connectivity index (χ0n) is 7.51. The SMILES string of the molecule is C=C[C@H](N)c1ccccc1C(=O)O.Cl. The van der Waals surface area contributed by atoms with Crippen molar-refractivity contribution in [2.24, 2.45) is 5.73 Å². The Labute approximate surface area is 88.7 Å². The molecule has 0 spiro atoms. The molecule has 3 nitrogen and oxygen atoms in total. The molecular weight excluding hydrogens is 202 g/mol. The average molecular weight is 214 g/mol. The molecular formula is C10H12ClNO2. The van der Waals surface area contributed by atoms with E-state index >= 15 is 0 Å². The zero-order chi connectivity index (χ0) is 9.84. The minimum Gasteiger partial charge on any atom is -0.478 e. The molecule has 3 N–H and O–H groups in total. The van der Waals surface area contributed by atoms with E-state index in [0.717, 1.165) is 0 Å². The molecule has 0 saturated carbocycles.